The second-order valence-corrected chi connectivity index (χ2v) is 9.62. The topological polar surface area (TPSA) is 0 Å². The van der Waals surface area contributed by atoms with Gasteiger partial charge in [0.25, 0.3) is 0 Å². The van der Waals surface area contributed by atoms with Crippen molar-refractivity contribution in [1.82, 2.24) is 0 Å². The summed E-state index contributed by atoms with van der Waals surface area (Å²) >= 11 is 0. The van der Waals surface area contributed by atoms with Crippen molar-refractivity contribution in [3.05, 3.63) is 12.2 Å². The maximum atomic E-state index is 2.62. The third-order valence-electron chi connectivity index (χ3n) is 5.36. The number of allylic oxidation sites excluding steroid dienone is 2. The summed E-state index contributed by atoms with van der Waals surface area (Å²) in [5.41, 5.74) is 3.31. The molecule has 3 aliphatic carbocycles. The SMILES string of the molecule is C1=CC(P(C2CCCCC2)C2CCCCC2)CC1. The van der Waals surface area contributed by atoms with Crippen LogP contribution in [0.1, 0.15) is 77.0 Å². The van der Waals surface area contributed by atoms with Crippen LogP contribution < -0.4 is 0 Å². The van der Waals surface area contributed by atoms with E-state index in [2.05, 4.69) is 12.2 Å². The van der Waals surface area contributed by atoms with Gasteiger partial charge in [-0.15, -0.1) is 0 Å². The van der Waals surface area contributed by atoms with Gasteiger partial charge in [-0.1, -0.05) is 58.6 Å². The van der Waals surface area contributed by atoms with E-state index in [-0.39, 0.29) is 0 Å². The molecular formula is C17H29P. The van der Waals surface area contributed by atoms with E-state index >= 15 is 0 Å². The van der Waals surface area contributed by atoms with Crippen LogP contribution in [0.5, 0.6) is 0 Å². The lowest BCUT2D eigenvalue weighted by Gasteiger charge is -2.41. The first-order valence-electron chi connectivity index (χ1n) is 8.39. The van der Waals surface area contributed by atoms with Crippen LogP contribution in [-0.4, -0.2) is 17.0 Å². The molecule has 102 valence electrons. The summed E-state index contributed by atoms with van der Waals surface area (Å²) in [4.78, 5) is 0. The van der Waals surface area contributed by atoms with Gasteiger partial charge in [0.15, 0.2) is 0 Å². The van der Waals surface area contributed by atoms with E-state index in [9.17, 15) is 0 Å². The predicted molar refractivity (Wildman–Crippen MR) is 82.8 cm³/mol. The molecule has 0 nitrogen and oxygen atoms in total. The first-order valence-corrected chi connectivity index (χ1v) is 9.94. The summed E-state index contributed by atoms with van der Waals surface area (Å²) in [6, 6.07) is 0. The Morgan fingerprint density at radius 2 is 1.22 bits per heavy atom. The third kappa shape index (κ3) is 3.01. The molecule has 0 aromatic carbocycles. The quantitative estimate of drug-likeness (QED) is 0.443. The average molecular weight is 264 g/mol. The Hall–Kier alpha value is 0.170. The summed E-state index contributed by atoms with van der Waals surface area (Å²) in [5.74, 6) is 0. The zero-order valence-corrected chi connectivity index (χ0v) is 12.7. The molecule has 0 N–H and O–H groups in total. The molecule has 0 amide bonds. The molecule has 0 heterocycles. The third-order valence-corrected chi connectivity index (χ3v) is 9.28. The van der Waals surface area contributed by atoms with Gasteiger partial charge in [-0.05, 0) is 55.5 Å². The smallest absolute Gasteiger partial charge is 0.00217 e. The van der Waals surface area contributed by atoms with Crippen molar-refractivity contribution in [2.45, 2.75) is 94.0 Å². The Kier molecular flexibility index (Phi) is 4.80. The van der Waals surface area contributed by atoms with Crippen molar-refractivity contribution in [2.75, 3.05) is 0 Å². The van der Waals surface area contributed by atoms with Gasteiger partial charge in [-0.25, -0.2) is 0 Å². The van der Waals surface area contributed by atoms with Gasteiger partial charge in [-0.3, -0.25) is 0 Å². The molecule has 3 aliphatic rings. The van der Waals surface area contributed by atoms with Crippen LogP contribution in [0.25, 0.3) is 0 Å². The molecule has 2 saturated carbocycles. The highest BCUT2D eigenvalue weighted by Gasteiger charge is 2.35. The van der Waals surface area contributed by atoms with Crippen LogP contribution in [0.3, 0.4) is 0 Å². The largest absolute Gasteiger partial charge is 0.0933 e. The van der Waals surface area contributed by atoms with Crippen LogP contribution in [0, 0.1) is 0 Å². The summed E-state index contributed by atoms with van der Waals surface area (Å²) in [5, 5.41) is 0. The lowest BCUT2D eigenvalue weighted by atomic mass is 9.99. The zero-order valence-electron chi connectivity index (χ0n) is 11.8. The first-order chi connectivity index (χ1) is 8.95. The second kappa shape index (κ2) is 6.56. The Morgan fingerprint density at radius 1 is 0.667 bits per heavy atom. The molecule has 0 aromatic rings. The van der Waals surface area contributed by atoms with E-state index < -0.39 is 0 Å². The van der Waals surface area contributed by atoms with Crippen molar-refractivity contribution in [3.63, 3.8) is 0 Å². The van der Waals surface area contributed by atoms with E-state index in [1.54, 1.807) is 25.7 Å². The predicted octanol–water partition coefficient (Wildman–Crippen LogP) is 5.85. The molecule has 0 spiro atoms. The Balaban J connectivity index is 1.71. The molecule has 1 atom stereocenters. The fourth-order valence-corrected chi connectivity index (χ4v) is 8.83. The van der Waals surface area contributed by atoms with Crippen LogP contribution in [-0.2, 0) is 0 Å². The Bertz CT molecular complexity index is 253. The van der Waals surface area contributed by atoms with Crippen LogP contribution >= 0.6 is 7.92 Å². The summed E-state index contributed by atoms with van der Waals surface area (Å²) in [6.07, 6.45) is 23.5. The first kappa shape index (κ1) is 13.2. The van der Waals surface area contributed by atoms with E-state index in [0.29, 0.717) is 7.92 Å². The number of rotatable bonds is 3. The maximum Gasteiger partial charge on any atom is -0.00217 e. The fraction of sp³-hybridized carbons (Fsp3) is 0.882. The monoisotopic (exact) mass is 264 g/mol. The minimum atomic E-state index is 0.315. The van der Waals surface area contributed by atoms with Gasteiger partial charge in [0.2, 0.25) is 0 Å². The van der Waals surface area contributed by atoms with Crippen LogP contribution in [0.4, 0.5) is 0 Å². The molecule has 2 fully saturated rings. The summed E-state index contributed by atoms with van der Waals surface area (Å²) in [6.45, 7) is 0. The molecule has 18 heavy (non-hydrogen) atoms. The van der Waals surface area contributed by atoms with E-state index in [0.717, 1.165) is 17.0 Å². The minimum Gasteiger partial charge on any atom is -0.0933 e. The second-order valence-electron chi connectivity index (χ2n) is 6.60. The molecule has 0 aromatic heterocycles. The number of hydrogen-bond donors (Lipinski definition) is 0. The average Bonchev–Trinajstić information content (AvgIpc) is 2.95. The molecule has 1 heteroatoms. The normalized spacial score (nSPS) is 31.3. The lowest BCUT2D eigenvalue weighted by Crippen LogP contribution is -2.25. The highest BCUT2D eigenvalue weighted by atomic mass is 31.1. The fourth-order valence-electron chi connectivity index (χ4n) is 4.46. The van der Waals surface area contributed by atoms with Crippen molar-refractivity contribution in [3.8, 4) is 0 Å². The van der Waals surface area contributed by atoms with E-state index in [4.69, 9.17) is 0 Å². The molecule has 0 radical (unpaired) electrons. The van der Waals surface area contributed by atoms with Gasteiger partial charge in [0, 0.05) is 0 Å². The van der Waals surface area contributed by atoms with Gasteiger partial charge >= 0.3 is 0 Å². The van der Waals surface area contributed by atoms with Crippen molar-refractivity contribution in [1.29, 1.82) is 0 Å². The van der Waals surface area contributed by atoms with Crippen molar-refractivity contribution < 1.29 is 0 Å². The molecule has 0 aliphatic heterocycles. The Labute approximate surface area is 114 Å². The van der Waals surface area contributed by atoms with Crippen LogP contribution in [0.15, 0.2) is 12.2 Å². The maximum absolute atomic E-state index is 2.62. The van der Waals surface area contributed by atoms with E-state index in [1.807, 2.05) is 0 Å². The molecule has 0 bridgehead atoms. The molecule has 1 unspecified atom stereocenters. The van der Waals surface area contributed by atoms with Gasteiger partial charge in [0.1, 0.15) is 0 Å². The summed E-state index contributed by atoms with van der Waals surface area (Å²) in [7, 11) is 0.315. The zero-order chi connectivity index (χ0) is 12.2. The highest BCUT2D eigenvalue weighted by Crippen LogP contribution is 2.60. The molecular weight excluding hydrogens is 235 g/mol. The minimum absolute atomic E-state index is 0.315. The molecule has 3 rings (SSSR count). The number of hydrogen-bond acceptors (Lipinski definition) is 0. The Morgan fingerprint density at radius 3 is 1.67 bits per heavy atom. The van der Waals surface area contributed by atoms with Gasteiger partial charge in [-0.2, -0.15) is 0 Å². The lowest BCUT2D eigenvalue weighted by molar-refractivity contribution is 0.482. The standard InChI is InChI=1S/C17H29P/c1-3-9-15(10-4-1)18(17-13-7-8-14-17)16-11-5-2-6-12-16/h7,13,15-17H,1-6,8-12,14H2. The van der Waals surface area contributed by atoms with Crippen molar-refractivity contribution >= 4 is 7.92 Å². The molecule has 0 saturated heterocycles. The van der Waals surface area contributed by atoms with Crippen molar-refractivity contribution in [2.24, 2.45) is 0 Å². The van der Waals surface area contributed by atoms with Gasteiger partial charge < -0.3 is 0 Å². The van der Waals surface area contributed by atoms with Crippen LogP contribution in [0.2, 0.25) is 0 Å². The van der Waals surface area contributed by atoms with E-state index in [1.165, 1.54) is 51.4 Å². The summed E-state index contributed by atoms with van der Waals surface area (Å²) < 4.78 is 0. The van der Waals surface area contributed by atoms with Gasteiger partial charge in [0.05, 0.1) is 0 Å². The highest BCUT2D eigenvalue weighted by molar-refractivity contribution is 7.60.